The van der Waals surface area contributed by atoms with E-state index < -0.39 is 43.8 Å². The van der Waals surface area contributed by atoms with Gasteiger partial charge in [0.15, 0.2) is 6.10 Å². The normalized spacial score (nSPS) is 41.9. The molecule has 10 atom stereocenters. The lowest BCUT2D eigenvalue weighted by Crippen LogP contribution is -2.61. The number of halogens is 5. The maximum absolute atomic E-state index is 15.7. The highest BCUT2D eigenvalue weighted by atomic mass is 32.2. The molecule has 10 heteroatoms. The van der Waals surface area contributed by atoms with Crippen molar-refractivity contribution >= 4 is 9.84 Å². The lowest BCUT2D eigenvalue weighted by molar-refractivity contribution is -0.229. The monoisotopic (exact) mass is 592 g/mol. The Hall–Kier alpha value is -1.26. The molecule has 4 aliphatic carbocycles. The quantitative estimate of drug-likeness (QED) is 0.361. The summed E-state index contributed by atoms with van der Waals surface area (Å²) in [5.41, 5.74) is -3.37. The highest BCUT2D eigenvalue weighted by molar-refractivity contribution is 7.92. The first-order chi connectivity index (χ1) is 18.4. The van der Waals surface area contributed by atoms with Gasteiger partial charge in [-0.15, -0.1) is 0 Å². The molecular weight excluding hydrogens is 551 g/mol. The summed E-state index contributed by atoms with van der Waals surface area (Å²) in [5.74, 6) is -0.833. The average Bonchev–Trinajstić information content (AvgIpc) is 3.25. The second-order valence-electron chi connectivity index (χ2n) is 13.8. The Morgan fingerprint density at radius 2 is 1.50 bits per heavy atom. The van der Waals surface area contributed by atoms with Crippen LogP contribution < -0.4 is 0 Å². The zero-order valence-electron chi connectivity index (χ0n) is 23.3. The second-order valence-corrected chi connectivity index (χ2v) is 15.8. The van der Waals surface area contributed by atoms with E-state index in [1.54, 1.807) is 0 Å². The number of aliphatic hydroxyl groups is 2. The minimum absolute atomic E-state index is 0.176. The maximum atomic E-state index is 15.7. The number of sulfone groups is 1. The van der Waals surface area contributed by atoms with E-state index in [4.69, 9.17) is 0 Å². The summed E-state index contributed by atoms with van der Waals surface area (Å²) >= 11 is 0. The third kappa shape index (κ3) is 4.28. The minimum atomic E-state index is -5.11. The van der Waals surface area contributed by atoms with Crippen molar-refractivity contribution in [2.24, 2.45) is 46.3 Å². The van der Waals surface area contributed by atoms with Gasteiger partial charge in [0.25, 0.3) is 0 Å². The first-order valence-electron chi connectivity index (χ1n) is 14.5. The van der Waals surface area contributed by atoms with Gasteiger partial charge >= 0.3 is 11.4 Å². The maximum Gasteiger partial charge on any atom is 0.414 e. The molecule has 0 aromatic heterocycles. The third-order valence-electron chi connectivity index (χ3n) is 12.2. The van der Waals surface area contributed by atoms with Crippen molar-refractivity contribution in [2.75, 3.05) is 0 Å². The molecule has 4 fully saturated rings. The number of hydrogen-bond acceptors (Lipinski definition) is 4. The molecule has 0 unspecified atom stereocenters. The van der Waals surface area contributed by atoms with Crippen LogP contribution >= 0.6 is 0 Å². The molecular formula is C30H41F5O4S. The first kappa shape index (κ1) is 30.2. The molecule has 0 saturated heterocycles. The summed E-state index contributed by atoms with van der Waals surface area (Å²) in [5, 5.41) is 17.0. The van der Waals surface area contributed by atoms with Gasteiger partial charge in [-0.1, -0.05) is 39.0 Å². The zero-order valence-corrected chi connectivity index (χ0v) is 24.1. The van der Waals surface area contributed by atoms with Crippen molar-refractivity contribution in [1.29, 1.82) is 0 Å². The van der Waals surface area contributed by atoms with Crippen molar-refractivity contribution in [3.05, 3.63) is 30.3 Å². The van der Waals surface area contributed by atoms with Gasteiger partial charge in [0.05, 0.1) is 4.90 Å². The van der Waals surface area contributed by atoms with Crippen LogP contribution in [-0.4, -0.2) is 41.8 Å². The van der Waals surface area contributed by atoms with Crippen LogP contribution in [0.4, 0.5) is 22.0 Å². The Bertz CT molecular complexity index is 1210. The lowest BCUT2D eigenvalue weighted by atomic mass is 9.43. The minimum Gasteiger partial charge on any atom is -0.383 e. The van der Waals surface area contributed by atoms with E-state index in [-0.39, 0.29) is 59.7 Å². The Morgan fingerprint density at radius 3 is 2.12 bits per heavy atom. The van der Waals surface area contributed by atoms with Gasteiger partial charge in [0, 0.05) is 0 Å². The fourth-order valence-corrected chi connectivity index (χ4v) is 11.4. The predicted octanol–water partition coefficient (Wildman–Crippen LogP) is 7.00. The van der Waals surface area contributed by atoms with Crippen LogP contribution in [0.5, 0.6) is 0 Å². The van der Waals surface area contributed by atoms with Gasteiger partial charge in [-0.2, -0.15) is 22.0 Å². The number of fused-ring (bicyclic) bond motifs is 5. The van der Waals surface area contributed by atoms with E-state index in [1.807, 2.05) is 0 Å². The van der Waals surface area contributed by atoms with Crippen LogP contribution in [0, 0.1) is 46.3 Å². The summed E-state index contributed by atoms with van der Waals surface area (Å²) in [6.45, 7) is 5.67. The Balaban J connectivity index is 1.36. The highest BCUT2D eigenvalue weighted by Gasteiger charge is 2.68. The molecule has 40 heavy (non-hydrogen) atoms. The van der Waals surface area contributed by atoms with Gasteiger partial charge in [-0.25, -0.2) is 8.42 Å². The van der Waals surface area contributed by atoms with Crippen molar-refractivity contribution in [1.82, 2.24) is 0 Å². The average molecular weight is 593 g/mol. The molecule has 0 amide bonds. The molecule has 4 nitrogen and oxygen atoms in total. The molecule has 4 saturated carbocycles. The van der Waals surface area contributed by atoms with Crippen LogP contribution in [0.2, 0.25) is 0 Å². The molecule has 1 aromatic rings. The molecule has 1 aromatic carbocycles. The lowest BCUT2D eigenvalue weighted by Gasteiger charge is -2.62. The van der Waals surface area contributed by atoms with Gasteiger partial charge in [-0.05, 0) is 116 Å². The zero-order chi connectivity index (χ0) is 29.5. The molecule has 5 rings (SSSR count). The second kappa shape index (κ2) is 9.63. The van der Waals surface area contributed by atoms with Crippen LogP contribution in [0.1, 0.15) is 78.6 Å². The molecule has 0 radical (unpaired) electrons. The summed E-state index contributed by atoms with van der Waals surface area (Å²) in [6, 6.07) is 6.53. The summed E-state index contributed by atoms with van der Waals surface area (Å²) in [7, 11) is -5.11. The van der Waals surface area contributed by atoms with Crippen LogP contribution in [-0.2, 0) is 9.84 Å². The molecule has 4 aliphatic rings. The molecule has 0 aliphatic heterocycles. The van der Waals surface area contributed by atoms with Crippen LogP contribution in [0.15, 0.2) is 35.2 Å². The van der Waals surface area contributed by atoms with Gasteiger partial charge in [-0.3, -0.25) is 0 Å². The number of hydrogen-bond donors (Lipinski definition) is 2. The van der Waals surface area contributed by atoms with Gasteiger partial charge in [0.1, 0.15) is 5.60 Å². The van der Waals surface area contributed by atoms with E-state index in [0.717, 1.165) is 31.4 Å². The third-order valence-corrected chi connectivity index (χ3v) is 14.1. The Labute approximate surface area is 233 Å². The predicted molar refractivity (Wildman–Crippen MR) is 140 cm³/mol. The number of rotatable bonds is 5. The van der Waals surface area contributed by atoms with Crippen molar-refractivity contribution in [3.8, 4) is 0 Å². The number of alkyl halides is 5. The van der Waals surface area contributed by atoms with Crippen molar-refractivity contribution < 1.29 is 40.6 Å². The van der Waals surface area contributed by atoms with E-state index in [1.165, 1.54) is 25.1 Å². The summed E-state index contributed by atoms with van der Waals surface area (Å²) in [4.78, 5) is -0.516. The number of benzene rings is 1. The van der Waals surface area contributed by atoms with Gasteiger partial charge < -0.3 is 10.2 Å². The van der Waals surface area contributed by atoms with Crippen molar-refractivity contribution in [3.63, 3.8) is 0 Å². The van der Waals surface area contributed by atoms with E-state index in [0.29, 0.717) is 19.3 Å². The topological polar surface area (TPSA) is 74.6 Å². The smallest absolute Gasteiger partial charge is 0.383 e. The first-order valence-corrected chi connectivity index (χ1v) is 16.0. The molecule has 0 bridgehead atoms. The summed E-state index contributed by atoms with van der Waals surface area (Å²) in [6.07, 6.45) is -3.21. The number of aliphatic hydroxyl groups excluding tert-OH is 1. The molecule has 0 spiro atoms. The van der Waals surface area contributed by atoms with Crippen LogP contribution in [0.3, 0.4) is 0 Å². The molecule has 0 heterocycles. The fraction of sp³-hybridized carbons (Fsp3) is 0.800. The van der Waals surface area contributed by atoms with E-state index in [2.05, 4.69) is 13.8 Å². The Kier molecular flexibility index (Phi) is 7.27. The fourth-order valence-electron chi connectivity index (χ4n) is 9.93. The van der Waals surface area contributed by atoms with Crippen molar-refractivity contribution in [2.45, 2.75) is 107 Å². The largest absolute Gasteiger partial charge is 0.414 e. The highest BCUT2D eigenvalue weighted by Crippen LogP contribution is 2.69. The van der Waals surface area contributed by atoms with E-state index in [9.17, 15) is 31.8 Å². The van der Waals surface area contributed by atoms with Gasteiger partial charge in [0.2, 0.25) is 9.84 Å². The SMILES string of the molecule is C[C@@H]([C@H]1CC[C@H]2[C@@H]3CC[C@@H]4C[C@@](O)(C(F)(F)S(=O)(=O)c5ccccc5)CC[C@]4(C)[C@H]3CC[C@]12C)[C@H](O)C(F)(F)F. The van der Waals surface area contributed by atoms with E-state index >= 15 is 8.78 Å². The molecule has 226 valence electrons. The standard InChI is InChI=1S/C30H41F5O4S/c1-18(25(36)29(31,32)33)22-11-12-23-21-10-9-19-17-28(37,16-15-26(19,2)24(21)13-14-27(22,23)3)30(34,35)40(38,39)20-7-5-4-6-8-20/h4-8,18-19,21-25,36-37H,9-17H2,1-3H3/t18-,19+,21-,22+,23-,24-,25-,26-,27+,28+/m0/s1. The van der Waals surface area contributed by atoms with Crippen LogP contribution in [0.25, 0.3) is 0 Å². The molecule has 2 N–H and O–H groups in total. The summed E-state index contributed by atoms with van der Waals surface area (Å²) < 4.78 is 97.5. The Morgan fingerprint density at radius 1 is 0.875 bits per heavy atom.